The first kappa shape index (κ1) is 15.0. The Labute approximate surface area is 107 Å². The summed E-state index contributed by atoms with van der Waals surface area (Å²) in [5.41, 5.74) is -2.10. The molecule has 102 valence electrons. The molecule has 0 bridgehead atoms. The van der Waals surface area contributed by atoms with Crippen LogP contribution in [0, 0.1) is 18.2 Å². The maximum absolute atomic E-state index is 13.5. The Kier molecular flexibility index (Phi) is 3.89. The molecule has 0 spiro atoms. The molecule has 0 aromatic heterocycles. The number of carbonyl (C=O) groups excluding carboxylic acids is 1. The van der Waals surface area contributed by atoms with Gasteiger partial charge in [0.1, 0.15) is 11.6 Å². The molecule has 0 saturated heterocycles. The van der Waals surface area contributed by atoms with Crippen LogP contribution in [0.15, 0.2) is 18.2 Å². The first-order chi connectivity index (χ1) is 8.57. The van der Waals surface area contributed by atoms with Crippen molar-refractivity contribution >= 4 is 5.78 Å². The second-order valence-electron chi connectivity index (χ2n) is 4.23. The maximum Gasteiger partial charge on any atom is 0.454 e. The van der Waals surface area contributed by atoms with Crippen LogP contribution in [-0.4, -0.2) is 17.6 Å². The van der Waals surface area contributed by atoms with Crippen LogP contribution in [0.5, 0.6) is 5.75 Å². The molecule has 0 aliphatic heterocycles. The van der Waals surface area contributed by atoms with Gasteiger partial charge in [0, 0.05) is 6.07 Å². The van der Waals surface area contributed by atoms with Gasteiger partial charge in [-0.15, -0.1) is 6.42 Å². The van der Waals surface area contributed by atoms with Crippen LogP contribution < -0.4 is 4.74 Å². The van der Waals surface area contributed by atoms with Crippen LogP contribution in [0.2, 0.25) is 0 Å². The Morgan fingerprint density at radius 1 is 1.32 bits per heavy atom. The SMILES string of the molecule is C#CC(C)(C)Oc1ccc(C(=O)C(F)(F)F)c(F)c1. The maximum atomic E-state index is 13.5. The second-order valence-corrected chi connectivity index (χ2v) is 4.23. The standard InChI is InChI=1S/C13H10F4O2/c1-4-12(2,3)19-8-5-6-9(10(14)7-8)11(18)13(15,16)17/h1,5-7H,2-3H3. The van der Waals surface area contributed by atoms with Gasteiger partial charge < -0.3 is 4.74 Å². The van der Waals surface area contributed by atoms with E-state index in [0.29, 0.717) is 12.1 Å². The Balaban J connectivity index is 3.06. The van der Waals surface area contributed by atoms with Gasteiger partial charge in [0.15, 0.2) is 5.60 Å². The van der Waals surface area contributed by atoms with Gasteiger partial charge in [0.25, 0.3) is 5.78 Å². The van der Waals surface area contributed by atoms with Crippen molar-refractivity contribution in [1.29, 1.82) is 0 Å². The van der Waals surface area contributed by atoms with Gasteiger partial charge in [0.05, 0.1) is 5.56 Å². The molecule has 0 fully saturated rings. The largest absolute Gasteiger partial charge is 0.475 e. The molecule has 1 aromatic carbocycles. The van der Waals surface area contributed by atoms with E-state index in [0.717, 1.165) is 6.07 Å². The van der Waals surface area contributed by atoms with E-state index in [4.69, 9.17) is 11.2 Å². The van der Waals surface area contributed by atoms with Gasteiger partial charge in [0.2, 0.25) is 0 Å². The van der Waals surface area contributed by atoms with E-state index in [-0.39, 0.29) is 5.75 Å². The minimum absolute atomic E-state index is 0.0563. The molecule has 1 aromatic rings. The van der Waals surface area contributed by atoms with Crippen molar-refractivity contribution < 1.29 is 27.1 Å². The third kappa shape index (κ3) is 3.71. The quantitative estimate of drug-likeness (QED) is 0.480. The van der Waals surface area contributed by atoms with Gasteiger partial charge >= 0.3 is 6.18 Å². The molecule has 0 atom stereocenters. The summed E-state index contributed by atoms with van der Waals surface area (Å²) < 4.78 is 55.1. The van der Waals surface area contributed by atoms with Gasteiger partial charge in [-0.3, -0.25) is 4.79 Å². The molecule has 0 unspecified atom stereocenters. The Morgan fingerprint density at radius 2 is 1.89 bits per heavy atom. The van der Waals surface area contributed by atoms with Crippen molar-refractivity contribution in [3.05, 3.63) is 29.6 Å². The Hall–Kier alpha value is -2.03. The molecule has 0 radical (unpaired) electrons. The summed E-state index contributed by atoms with van der Waals surface area (Å²) in [5, 5.41) is 0. The predicted octanol–water partition coefficient (Wildman–Crippen LogP) is 3.36. The third-order valence-corrected chi connectivity index (χ3v) is 2.16. The highest BCUT2D eigenvalue weighted by Gasteiger charge is 2.40. The minimum Gasteiger partial charge on any atom is -0.475 e. The lowest BCUT2D eigenvalue weighted by molar-refractivity contribution is -0.0887. The van der Waals surface area contributed by atoms with Crippen LogP contribution in [0.1, 0.15) is 24.2 Å². The van der Waals surface area contributed by atoms with Crippen LogP contribution in [0.25, 0.3) is 0 Å². The molecule has 1 rings (SSSR count). The van der Waals surface area contributed by atoms with Crippen LogP contribution in [0.3, 0.4) is 0 Å². The molecule has 0 N–H and O–H groups in total. The number of ketones is 1. The normalized spacial score (nSPS) is 11.8. The topological polar surface area (TPSA) is 26.3 Å². The number of alkyl halides is 3. The van der Waals surface area contributed by atoms with Crippen molar-refractivity contribution in [1.82, 2.24) is 0 Å². The van der Waals surface area contributed by atoms with E-state index in [1.165, 1.54) is 13.8 Å². The summed E-state index contributed by atoms with van der Waals surface area (Å²) in [7, 11) is 0. The summed E-state index contributed by atoms with van der Waals surface area (Å²) >= 11 is 0. The number of terminal acetylenes is 1. The minimum atomic E-state index is -5.12. The Morgan fingerprint density at radius 3 is 2.32 bits per heavy atom. The number of ether oxygens (including phenoxy) is 1. The monoisotopic (exact) mass is 274 g/mol. The molecular formula is C13H10F4O2. The zero-order valence-corrected chi connectivity index (χ0v) is 10.1. The van der Waals surface area contributed by atoms with E-state index in [2.05, 4.69) is 5.92 Å². The first-order valence-electron chi connectivity index (χ1n) is 5.15. The third-order valence-electron chi connectivity index (χ3n) is 2.16. The van der Waals surface area contributed by atoms with Gasteiger partial charge in [-0.2, -0.15) is 13.2 Å². The molecule has 0 amide bonds. The fraction of sp³-hybridized carbons (Fsp3) is 0.308. The number of halogens is 4. The highest BCUT2D eigenvalue weighted by molar-refractivity contribution is 6.00. The lowest BCUT2D eigenvalue weighted by atomic mass is 10.1. The van der Waals surface area contributed by atoms with Gasteiger partial charge in [-0.1, -0.05) is 5.92 Å². The highest BCUT2D eigenvalue weighted by Crippen LogP contribution is 2.26. The average Bonchev–Trinajstić information content (AvgIpc) is 2.26. The second kappa shape index (κ2) is 4.92. The number of rotatable bonds is 3. The summed E-state index contributed by atoms with van der Waals surface area (Å²) in [4.78, 5) is 10.9. The summed E-state index contributed by atoms with van der Waals surface area (Å²) in [6, 6.07) is 2.46. The zero-order valence-electron chi connectivity index (χ0n) is 10.1. The highest BCUT2D eigenvalue weighted by atomic mass is 19.4. The molecule has 0 aliphatic rings. The first-order valence-corrected chi connectivity index (χ1v) is 5.15. The van der Waals surface area contributed by atoms with Gasteiger partial charge in [-0.05, 0) is 26.0 Å². The lowest BCUT2D eigenvalue weighted by Gasteiger charge is -2.20. The molecule has 6 heteroatoms. The number of benzene rings is 1. The number of hydrogen-bond donors (Lipinski definition) is 0. The van der Waals surface area contributed by atoms with Crippen LogP contribution >= 0.6 is 0 Å². The van der Waals surface area contributed by atoms with Gasteiger partial charge in [-0.25, -0.2) is 4.39 Å². The van der Waals surface area contributed by atoms with Crippen molar-refractivity contribution in [3.8, 4) is 18.1 Å². The average molecular weight is 274 g/mol. The zero-order chi connectivity index (χ0) is 14.8. The molecule has 19 heavy (non-hydrogen) atoms. The number of hydrogen-bond acceptors (Lipinski definition) is 2. The van der Waals surface area contributed by atoms with E-state index in [1.807, 2.05) is 0 Å². The fourth-order valence-electron chi connectivity index (χ4n) is 1.22. The molecule has 0 heterocycles. The predicted molar refractivity (Wildman–Crippen MR) is 60.3 cm³/mol. The number of Topliss-reactive ketones (excluding diaryl/α,β-unsaturated/α-hetero) is 1. The Bertz CT molecular complexity index is 539. The summed E-state index contributed by atoms with van der Waals surface area (Å²) in [6.07, 6.45) is 0.0321. The summed E-state index contributed by atoms with van der Waals surface area (Å²) in [6.45, 7) is 3.05. The van der Waals surface area contributed by atoms with E-state index in [9.17, 15) is 22.4 Å². The number of carbonyl (C=O) groups is 1. The lowest BCUT2D eigenvalue weighted by Crippen LogP contribution is -2.26. The summed E-state index contributed by atoms with van der Waals surface area (Å²) in [5.74, 6) is -1.33. The van der Waals surface area contributed by atoms with E-state index in [1.54, 1.807) is 0 Å². The van der Waals surface area contributed by atoms with Crippen molar-refractivity contribution in [2.45, 2.75) is 25.6 Å². The van der Waals surface area contributed by atoms with E-state index >= 15 is 0 Å². The molecule has 2 nitrogen and oxygen atoms in total. The van der Waals surface area contributed by atoms with E-state index < -0.39 is 28.9 Å². The fourth-order valence-corrected chi connectivity index (χ4v) is 1.22. The van der Waals surface area contributed by atoms with Crippen LogP contribution in [0.4, 0.5) is 17.6 Å². The molecular weight excluding hydrogens is 264 g/mol. The van der Waals surface area contributed by atoms with Crippen molar-refractivity contribution in [2.75, 3.05) is 0 Å². The van der Waals surface area contributed by atoms with Crippen LogP contribution in [-0.2, 0) is 0 Å². The van der Waals surface area contributed by atoms with Crippen molar-refractivity contribution in [2.24, 2.45) is 0 Å². The smallest absolute Gasteiger partial charge is 0.454 e. The molecule has 0 aliphatic carbocycles. The van der Waals surface area contributed by atoms with Crippen molar-refractivity contribution in [3.63, 3.8) is 0 Å². The molecule has 0 saturated carbocycles.